The van der Waals surface area contributed by atoms with Crippen molar-refractivity contribution in [3.05, 3.63) is 59.7 Å². The number of methoxy groups -OCH3 is 1. The maximum atomic E-state index is 12.8. The Morgan fingerprint density at radius 3 is 2.20 bits per heavy atom. The van der Waals surface area contributed by atoms with Gasteiger partial charge in [-0.25, -0.2) is 9.59 Å². The van der Waals surface area contributed by atoms with Crippen molar-refractivity contribution in [2.45, 2.75) is 56.1 Å². The predicted octanol–water partition coefficient (Wildman–Crippen LogP) is 3.83. The molecule has 2 amide bonds. The zero-order valence-corrected chi connectivity index (χ0v) is 19.9. The van der Waals surface area contributed by atoms with E-state index in [0.29, 0.717) is 12.8 Å². The number of nitrogens with one attached hydrogen (secondary N) is 2. The van der Waals surface area contributed by atoms with Crippen molar-refractivity contribution in [3.63, 3.8) is 0 Å². The van der Waals surface area contributed by atoms with Gasteiger partial charge >= 0.3 is 12.1 Å². The summed E-state index contributed by atoms with van der Waals surface area (Å²) in [6, 6.07) is 16.3. The molecule has 2 aromatic carbocycles. The summed E-state index contributed by atoms with van der Waals surface area (Å²) in [6.07, 6.45) is 2.04. The van der Waals surface area contributed by atoms with Gasteiger partial charge in [-0.15, -0.1) is 0 Å². The normalized spacial score (nSPS) is 16.7. The van der Waals surface area contributed by atoms with Gasteiger partial charge in [-0.1, -0.05) is 61.4 Å². The van der Waals surface area contributed by atoms with Crippen LogP contribution >= 0.6 is 0 Å². The van der Waals surface area contributed by atoms with E-state index in [4.69, 9.17) is 14.6 Å². The van der Waals surface area contributed by atoms with Crippen LogP contribution in [-0.4, -0.2) is 55.0 Å². The Hall–Kier alpha value is -3.39. The Morgan fingerprint density at radius 2 is 1.63 bits per heavy atom. The van der Waals surface area contributed by atoms with E-state index in [1.807, 2.05) is 24.3 Å². The van der Waals surface area contributed by atoms with Gasteiger partial charge in [-0.05, 0) is 35.1 Å². The molecule has 2 aliphatic rings. The molecule has 3 N–H and O–H groups in total. The Labute approximate surface area is 205 Å². The number of carboxylic acids is 1. The number of carbonyl (C=O) groups excluding carboxylic acids is 2. The number of hydrogen-bond acceptors (Lipinski definition) is 5. The van der Waals surface area contributed by atoms with Crippen molar-refractivity contribution in [2.75, 3.05) is 20.3 Å². The maximum absolute atomic E-state index is 12.8. The van der Waals surface area contributed by atoms with Gasteiger partial charge in [0.05, 0.1) is 5.54 Å². The number of carbonyl (C=O) groups is 3. The number of carboxylic acid groups (broad SMARTS) is 1. The molecular formula is C27H32N2O6. The van der Waals surface area contributed by atoms with Gasteiger partial charge in [-0.2, -0.15) is 0 Å². The van der Waals surface area contributed by atoms with Gasteiger partial charge in [-0.3, -0.25) is 4.79 Å². The van der Waals surface area contributed by atoms with E-state index in [1.165, 1.54) is 18.2 Å². The molecule has 0 saturated heterocycles. The number of amides is 2. The summed E-state index contributed by atoms with van der Waals surface area (Å²) in [5, 5.41) is 14.8. The fraction of sp³-hybridized carbons (Fsp3) is 0.444. The average molecular weight is 481 g/mol. The monoisotopic (exact) mass is 480 g/mol. The molecule has 0 bridgehead atoms. The lowest BCUT2D eigenvalue weighted by atomic mass is 9.93. The predicted molar refractivity (Wildman–Crippen MR) is 130 cm³/mol. The molecule has 1 atom stereocenters. The molecule has 1 saturated carbocycles. The summed E-state index contributed by atoms with van der Waals surface area (Å²) < 4.78 is 10.6. The van der Waals surface area contributed by atoms with E-state index in [-0.39, 0.29) is 37.8 Å². The summed E-state index contributed by atoms with van der Waals surface area (Å²) in [6.45, 7) is 0.403. The van der Waals surface area contributed by atoms with Crippen molar-refractivity contribution < 1.29 is 29.0 Å². The van der Waals surface area contributed by atoms with E-state index in [9.17, 15) is 14.4 Å². The van der Waals surface area contributed by atoms with Gasteiger partial charge in [0.1, 0.15) is 6.61 Å². The zero-order valence-electron chi connectivity index (χ0n) is 19.9. The smallest absolute Gasteiger partial charge is 0.407 e. The minimum absolute atomic E-state index is 0.0288. The van der Waals surface area contributed by atoms with Crippen molar-refractivity contribution >= 4 is 18.0 Å². The van der Waals surface area contributed by atoms with Crippen molar-refractivity contribution in [3.8, 4) is 11.1 Å². The first-order valence-electron chi connectivity index (χ1n) is 12.1. The first kappa shape index (κ1) is 24.7. The lowest BCUT2D eigenvalue weighted by molar-refractivity contribution is -0.149. The van der Waals surface area contributed by atoms with E-state index in [1.54, 1.807) is 0 Å². The Kier molecular flexibility index (Phi) is 7.70. The molecule has 8 nitrogen and oxygen atoms in total. The molecule has 1 unspecified atom stereocenters. The summed E-state index contributed by atoms with van der Waals surface area (Å²) in [4.78, 5) is 36.5. The number of rotatable bonds is 10. The number of alkyl carbamates (subject to hydrolysis) is 1. The van der Waals surface area contributed by atoms with E-state index in [0.717, 1.165) is 24.0 Å². The van der Waals surface area contributed by atoms with Crippen LogP contribution in [0.25, 0.3) is 11.1 Å². The van der Waals surface area contributed by atoms with Crippen LogP contribution in [0.15, 0.2) is 48.5 Å². The summed E-state index contributed by atoms with van der Waals surface area (Å²) in [5.41, 5.74) is 3.97. The van der Waals surface area contributed by atoms with Gasteiger partial charge < -0.3 is 25.2 Å². The highest BCUT2D eigenvalue weighted by molar-refractivity contribution is 5.80. The highest BCUT2D eigenvalue weighted by Crippen LogP contribution is 2.44. The summed E-state index contributed by atoms with van der Waals surface area (Å²) in [5.74, 6) is -1.32. The first-order chi connectivity index (χ1) is 16.9. The summed E-state index contributed by atoms with van der Waals surface area (Å²) >= 11 is 0. The lowest BCUT2D eigenvalue weighted by Gasteiger charge is -2.29. The molecule has 4 rings (SSSR count). The number of fused-ring (bicyclic) bond motifs is 3. The molecule has 0 radical (unpaired) electrons. The third kappa shape index (κ3) is 5.65. The second-order valence-corrected chi connectivity index (χ2v) is 9.32. The SMILES string of the molecule is COC(CCNC(=O)CC1(NC(=O)OCC2c3ccccc3-c3ccccc32)CCCC1)C(=O)O. The van der Waals surface area contributed by atoms with Crippen LogP contribution in [0.1, 0.15) is 55.6 Å². The molecule has 0 aromatic heterocycles. The molecule has 186 valence electrons. The minimum Gasteiger partial charge on any atom is -0.479 e. The molecule has 2 aromatic rings. The fourth-order valence-electron chi connectivity index (χ4n) is 5.30. The molecule has 0 spiro atoms. The van der Waals surface area contributed by atoms with Crippen LogP contribution < -0.4 is 10.6 Å². The standard InChI is InChI=1S/C27H32N2O6/c1-34-23(25(31)32)12-15-28-24(30)16-27(13-6-7-14-27)29-26(33)35-17-22-20-10-4-2-8-18(20)19-9-3-5-11-21(19)22/h2-5,8-11,22-23H,6-7,12-17H2,1H3,(H,28,30)(H,29,33)(H,31,32). The van der Waals surface area contributed by atoms with Crippen LogP contribution in [0.4, 0.5) is 4.79 Å². The first-order valence-corrected chi connectivity index (χ1v) is 12.1. The van der Waals surface area contributed by atoms with Crippen molar-refractivity contribution in [1.82, 2.24) is 10.6 Å². The molecule has 0 heterocycles. The van der Waals surface area contributed by atoms with E-state index >= 15 is 0 Å². The number of hydrogen-bond donors (Lipinski definition) is 3. The number of aliphatic carboxylic acids is 1. The number of benzene rings is 2. The quantitative estimate of drug-likeness (QED) is 0.476. The Morgan fingerprint density at radius 1 is 1.03 bits per heavy atom. The van der Waals surface area contributed by atoms with Gasteiger partial charge in [0.25, 0.3) is 0 Å². The lowest BCUT2D eigenvalue weighted by Crippen LogP contribution is -2.50. The van der Waals surface area contributed by atoms with Crippen LogP contribution in [0, 0.1) is 0 Å². The minimum atomic E-state index is -1.06. The van der Waals surface area contributed by atoms with E-state index < -0.39 is 23.7 Å². The molecular weight excluding hydrogens is 448 g/mol. The van der Waals surface area contributed by atoms with Crippen LogP contribution in [0.3, 0.4) is 0 Å². The van der Waals surface area contributed by atoms with E-state index in [2.05, 4.69) is 34.9 Å². The Balaban J connectivity index is 1.33. The van der Waals surface area contributed by atoms with Gasteiger partial charge in [0.15, 0.2) is 6.10 Å². The zero-order chi connectivity index (χ0) is 24.8. The maximum Gasteiger partial charge on any atom is 0.407 e. The van der Waals surface area contributed by atoms with Crippen molar-refractivity contribution in [2.24, 2.45) is 0 Å². The van der Waals surface area contributed by atoms with Crippen molar-refractivity contribution in [1.29, 1.82) is 0 Å². The molecule has 0 aliphatic heterocycles. The van der Waals surface area contributed by atoms with Crippen LogP contribution in [0.2, 0.25) is 0 Å². The topological polar surface area (TPSA) is 114 Å². The third-order valence-corrected chi connectivity index (χ3v) is 7.06. The van der Waals surface area contributed by atoms with Gasteiger partial charge in [0.2, 0.25) is 5.91 Å². The molecule has 1 fully saturated rings. The van der Waals surface area contributed by atoms with Gasteiger partial charge in [0, 0.05) is 32.4 Å². The Bertz CT molecular complexity index is 1030. The molecule has 8 heteroatoms. The summed E-state index contributed by atoms with van der Waals surface area (Å²) in [7, 11) is 1.33. The molecule has 35 heavy (non-hydrogen) atoms. The fourth-order valence-corrected chi connectivity index (χ4v) is 5.30. The van der Waals surface area contributed by atoms with Crippen LogP contribution in [-0.2, 0) is 19.1 Å². The average Bonchev–Trinajstić information content (AvgIpc) is 3.42. The number of ether oxygens (including phenoxy) is 2. The highest BCUT2D eigenvalue weighted by Gasteiger charge is 2.38. The van der Waals surface area contributed by atoms with Crippen LogP contribution in [0.5, 0.6) is 0 Å². The second kappa shape index (κ2) is 10.9. The molecule has 2 aliphatic carbocycles. The highest BCUT2D eigenvalue weighted by atomic mass is 16.5. The third-order valence-electron chi connectivity index (χ3n) is 7.06. The second-order valence-electron chi connectivity index (χ2n) is 9.32. The largest absolute Gasteiger partial charge is 0.479 e.